The van der Waals surface area contributed by atoms with Gasteiger partial charge in [-0.25, -0.2) is 24.9 Å². The van der Waals surface area contributed by atoms with E-state index in [9.17, 15) is 0 Å². The molecule has 2 aliphatic heterocycles. The fourth-order valence-electron chi connectivity index (χ4n) is 13.3. The average molecular weight is 1120 g/mol. The summed E-state index contributed by atoms with van der Waals surface area (Å²) < 4.78 is 2.36. The number of fused-ring (bicyclic) bond motifs is 7. The summed E-state index contributed by atoms with van der Waals surface area (Å²) in [6.07, 6.45) is 0. The first-order chi connectivity index (χ1) is 43.6. The van der Waals surface area contributed by atoms with Gasteiger partial charge in [-0.3, -0.25) is 0 Å². The van der Waals surface area contributed by atoms with E-state index in [1.165, 1.54) is 49.9 Å². The molecule has 5 heterocycles. The molecule has 0 saturated carbocycles. The maximum atomic E-state index is 5.62. The van der Waals surface area contributed by atoms with Crippen LogP contribution in [0.25, 0.3) is 107 Å². The van der Waals surface area contributed by atoms with E-state index < -0.39 is 0 Å². The Labute approximate surface area is 509 Å². The molecular formula is C79H51BN8. The third-order valence-electron chi connectivity index (χ3n) is 17.2. The summed E-state index contributed by atoms with van der Waals surface area (Å²) in [4.78, 5) is 31.4. The van der Waals surface area contributed by atoms with Crippen LogP contribution in [0.3, 0.4) is 0 Å². The first-order valence-electron chi connectivity index (χ1n) is 29.8. The van der Waals surface area contributed by atoms with Gasteiger partial charge in [-0.2, -0.15) is 0 Å². The number of para-hydroxylation sites is 5. The van der Waals surface area contributed by atoms with Crippen molar-refractivity contribution in [2.24, 2.45) is 0 Å². The van der Waals surface area contributed by atoms with E-state index in [2.05, 4.69) is 257 Å². The molecule has 0 N–H and O–H groups in total. The molecule has 0 spiro atoms. The highest BCUT2D eigenvalue weighted by atomic mass is 15.2. The van der Waals surface area contributed by atoms with Gasteiger partial charge >= 0.3 is 0 Å². The Bertz CT molecular complexity index is 5060. The van der Waals surface area contributed by atoms with Gasteiger partial charge in [-0.1, -0.05) is 218 Å². The number of benzene rings is 12. The van der Waals surface area contributed by atoms with Gasteiger partial charge < -0.3 is 14.4 Å². The van der Waals surface area contributed by atoms with Gasteiger partial charge in [0, 0.05) is 78.3 Å². The number of anilines is 6. The highest BCUT2D eigenvalue weighted by Crippen LogP contribution is 2.45. The second-order valence-corrected chi connectivity index (χ2v) is 22.4. The van der Waals surface area contributed by atoms with Crippen molar-refractivity contribution in [3.8, 4) is 84.9 Å². The lowest BCUT2D eigenvalue weighted by atomic mass is 9.33. The Hall–Kier alpha value is -11.8. The molecule has 0 bridgehead atoms. The Morgan fingerprint density at radius 2 is 0.670 bits per heavy atom. The lowest BCUT2D eigenvalue weighted by Crippen LogP contribution is -2.61. The molecule has 0 unspecified atom stereocenters. The van der Waals surface area contributed by atoms with Gasteiger partial charge in [-0.15, -0.1) is 0 Å². The summed E-state index contributed by atoms with van der Waals surface area (Å²) in [5, 5.41) is 2.33. The van der Waals surface area contributed by atoms with Gasteiger partial charge in [0.25, 0.3) is 6.71 Å². The second-order valence-electron chi connectivity index (χ2n) is 22.4. The molecule has 0 amide bonds. The van der Waals surface area contributed by atoms with Crippen molar-refractivity contribution in [2.75, 3.05) is 9.80 Å². The lowest BCUT2D eigenvalue weighted by Gasteiger charge is -2.44. The van der Waals surface area contributed by atoms with E-state index >= 15 is 0 Å². The van der Waals surface area contributed by atoms with E-state index in [4.69, 9.17) is 24.9 Å². The van der Waals surface area contributed by atoms with Crippen LogP contribution in [0.5, 0.6) is 0 Å². The van der Waals surface area contributed by atoms with E-state index in [1.807, 2.05) is 66.7 Å². The largest absolute Gasteiger partial charge is 0.311 e. The molecule has 17 rings (SSSR count). The van der Waals surface area contributed by atoms with Crippen LogP contribution in [0.1, 0.15) is 0 Å². The standard InChI is InChI=1S/C79H51BN8/c1-5-23-53(24-6-1)66-51-67(63-50-58(45-48-70(63)88-68-37-17-13-33-61(68)62-34-14-18-38-69(62)88)79-84-76(54-25-7-2-8-26-54)83-77(85-79)55-27-9-3-10-28-55)82-78(81-66)57-30-21-29-56(49-57)52-43-46-60(47-44-52)87-72-40-20-16-36-65(72)80-64-35-15-19-39-71(64)86(59-31-11-4-12-32-59)73-41-22-42-74(87)75(73)80/h1-51H. The molecule has 0 atom stereocenters. The summed E-state index contributed by atoms with van der Waals surface area (Å²) in [6, 6.07) is 109. The van der Waals surface area contributed by atoms with Crippen LogP contribution < -0.4 is 26.2 Å². The molecule has 0 aliphatic carbocycles. The molecule has 0 saturated heterocycles. The Morgan fingerprint density at radius 1 is 0.250 bits per heavy atom. The van der Waals surface area contributed by atoms with E-state index in [1.54, 1.807) is 0 Å². The number of aromatic nitrogens is 6. The van der Waals surface area contributed by atoms with Gasteiger partial charge in [0.2, 0.25) is 0 Å². The van der Waals surface area contributed by atoms with Crippen molar-refractivity contribution in [1.82, 2.24) is 29.5 Å². The van der Waals surface area contributed by atoms with Crippen molar-refractivity contribution >= 4 is 79.0 Å². The molecule has 2 aliphatic rings. The molecule has 3 aromatic heterocycles. The highest BCUT2D eigenvalue weighted by molar-refractivity contribution is 7.00. The Morgan fingerprint density at radius 3 is 1.27 bits per heavy atom. The van der Waals surface area contributed by atoms with Crippen molar-refractivity contribution < 1.29 is 0 Å². The smallest absolute Gasteiger partial charge is 0.252 e. The zero-order valence-corrected chi connectivity index (χ0v) is 47.6. The minimum atomic E-state index is 0.0702. The fraction of sp³-hybridized carbons (Fsp3) is 0. The normalized spacial score (nSPS) is 12.2. The van der Waals surface area contributed by atoms with E-state index in [0.29, 0.717) is 23.3 Å². The molecule has 0 fully saturated rings. The molecule has 12 aromatic carbocycles. The Kier molecular flexibility index (Phi) is 12.1. The molecule has 0 radical (unpaired) electrons. The zero-order valence-electron chi connectivity index (χ0n) is 47.6. The van der Waals surface area contributed by atoms with Crippen molar-refractivity contribution in [2.45, 2.75) is 0 Å². The molecule has 15 aromatic rings. The highest BCUT2D eigenvalue weighted by Gasteiger charge is 2.42. The van der Waals surface area contributed by atoms with E-state index in [-0.39, 0.29) is 6.71 Å². The van der Waals surface area contributed by atoms with Gasteiger partial charge in [0.15, 0.2) is 23.3 Å². The summed E-state index contributed by atoms with van der Waals surface area (Å²) in [5.41, 5.74) is 23.0. The van der Waals surface area contributed by atoms with Crippen LogP contribution in [0, 0.1) is 0 Å². The summed E-state index contributed by atoms with van der Waals surface area (Å²) in [7, 11) is 0. The first-order valence-corrected chi connectivity index (χ1v) is 29.8. The summed E-state index contributed by atoms with van der Waals surface area (Å²) >= 11 is 0. The average Bonchev–Trinajstić information content (AvgIpc) is 1.47. The van der Waals surface area contributed by atoms with E-state index in [0.717, 1.165) is 84.0 Å². The lowest BCUT2D eigenvalue weighted by molar-refractivity contribution is 1.07. The third kappa shape index (κ3) is 8.58. The van der Waals surface area contributed by atoms with Crippen molar-refractivity contribution in [3.05, 3.63) is 309 Å². The first kappa shape index (κ1) is 50.7. The zero-order chi connectivity index (χ0) is 58.1. The van der Waals surface area contributed by atoms with Crippen LogP contribution in [0.2, 0.25) is 0 Å². The topological polar surface area (TPSA) is 75.9 Å². The number of hydrogen-bond donors (Lipinski definition) is 0. The maximum absolute atomic E-state index is 5.62. The predicted octanol–water partition coefficient (Wildman–Crippen LogP) is 17.5. The number of rotatable bonds is 10. The predicted molar refractivity (Wildman–Crippen MR) is 362 cm³/mol. The monoisotopic (exact) mass is 1120 g/mol. The van der Waals surface area contributed by atoms with Crippen LogP contribution in [-0.2, 0) is 0 Å². The summed E-state index contributed by atoms with van der Waals surface area (Å²) in [6.45, 7) is 0.0702. The van der Waals surface area contributed by atoms with Crippen LogP contribution >= 0.6 is 0 Å². The number of nitrogens with zero attached hydrogens (tertiary/aromatic N) is 8. The quantitative estimate of drug-likeness (QED) is 0.126. The second kappa shape index (κ2) is 21.1. The van der Waals surface area contributed by atoms with Gasteiger partial charge in [0.05, 0.1) is 28.1 Å². The van der Waals surface area contributed by atoms with Gasteiger partial charge in [0.1, 0.15) is 0 Å². The maximum Gasteiger partial charge on any atom is 0.252 e. The molecular weight excluding hydrogens is 1070 g/mol. The minimum Gasteiger partial charge on any atom is -0.311 e. The molecule has 9 heteroatoms. The Balaban J connectivity index is 0.805. The summed E-state index contributed by atoms with van der Waals surface area (Å²) in [5.74, 6) is 2.34. The molecule has 8 nitrogen and oxygen atoms in total. The fourth-order valence-corrected chi connectivity index (χ4v) is 13.3. The molecule has 88 heavy (non-hydrogen) atoms. The molecule has 410 valence electrons. The van der Waals surface area contributed by atoms with Crippen LogP contribution in [0.15, 0.2) is 309 Å². The minimum absolute atomic E-state index is 0.0702. The van der Waals surface area contributed by atoms with Crippen LogP contribution in [-0.4, -0.2) is 36.2 Å². The van der Waals surface area contributed by atoms with Gasteiger partial charge in [-0.05, 0) is 119 Å². The van der Waals surface area contributed by atoms with Crippen molar-refractivity contribution in [3.63, 3.8) is 0 Å². The third-order valence-corrected chi connectivity index (χ3v) is 17.2. The van der Waals surface area contributed by atoms with Crippen LogP contribution in [0.4, 0.5) is 34.1 Å². The van der Waals surface area contributed by atoms with Crippen molar-refractivity contribution in [1.29, 1.82) is 0 Å². The SMILES string of the molecule is c1ccc(-c2cc(-c3cc(-c4nc(-c5ccccc5)nc(-c5ccccc5)n4)ccc3-n3c4ccccc4c4ccccc43)nc(-c3cccc(-c4ccc(N5c6ccccc6B6c7ccccc7N(c7ccccc7)c7cccc5c76)cc4)c3)n2)cc1. The number of hydrogen-bond acceptors (Lipinski definition) is 7.